The summed E-state index contributed by atoms with van der Waals surface area (Å²) in [5, 5.41) is 7.57. The number of nitrogens with one attached hydrogen (secondary N) is 2. The summed E-state index contributed by atoms with van der Waals surface area (Å²) in [5.41, 5.74) is 1.22. The second kappa shape index (κ2) is 11.1. The fraction of sp³-hybridized carbons (Fsp3) is 0.571. The average Bonchev–Trinajstić information content (AvgIpc) is 2.76. The van der Waals surface area contributed by atoms with Crippen molar-refractivity contribution in [2.24, 2.45) is 4.99 Å². The molecule has 0 saturated heterocycles. The van der Waals surface area contributed by atoms with Crippen LogP contribution in [0.25, 0.3) is 0 Å². The van der Waals surface area contributed by atoms with Crippen LogP contribution in [0.15, 0.2) is 17.6 Å². The van der Waals surface area contributed by atoms with Gasteiger partial charge in [0.25, 0.3) is 0 Å². The number of aryl methyl sites for hydroxylation is 2. The molecule has 1 aromatic rings. The van der Waals surface area contributed by atoms with Crippen LogP contribution in [0.1, 0.15) is 29.4 Å². The Bertz CT molecular complexity index is 429. The van der Waals surface area contributed by atoms with Crippen LogP contribution in [0.2, 0.25) is 0 Å². The molecule has 0 aliphatic rings. The monoisotopic (exact) mass is 408 g/mol. The van der Waals surface area contributed by atoms with Crippen LogP contribution in [0.3, 0.4) is 0 Å². The Balaban J connectivity index is 0.00000361. The van der Waals surface area contributed by atoms with Gasteiger partial charge in [-0.1, -0.05) is 13.0 Å². The maximum atomic E-state index is 4.63. The number of nitrogens with zero attached hydrogens (tertiary/aromatic N) is 2. The van der Waals surface area contributed by atoms with E-state index in [1.165, 1.54) is 15.6 Å². The molecule has 4 nitrogen and oxygen atoms in total. The first kappa shape index (κ1) is 19.4. The molecule has 0 spiro atoms. The second-order valence-corrected chi connectivity index (χ2v) is 5.43. The minimum Gasteiger partial charge on any atom is -0.357 e. The number of hydrogen-bond acceptors (Lipinski definition) is 3. The highest BCUT2D eigenvalue weighted by Crippen LogP contribution is 2.18. The van der Waals surface area contributed by atoms with E-state index in [-0.39, 0.29) is 24.0 Å². The molecule has 6 heteroatoms. The Hall–Kier alpha value is -0.630. The molecule has 0 aliphatic heterocycles. The molecule has 0 saturated carbocycles. The van der Waals surface area contributed by atoms with Crippen molar-refractivity contribution in [1.82, 2.24) is 15.6 Å². The summed E-state index contributed by atoms with van der Waals surface area (Å²) in [5.74, 6) is 0.839. The second-order valence-electron chi connectivity index (χ2n) is 4.14. The maximum Gasteiger partial charge on any atom is 0.191 e. The van der Waals surface area contributed by atoms with E-state index in [0.29, 0.717) is 0 Å². The van der Waals surface area contributed by atoms with E-state index in [1.807, 2.05) is 6.08 Å². The SMILES string of the molecule is C=CCNC(=NCCc1nc(CC)c(C)s1)NCC.I. The molecule has 1 rings (SSSR count). The van der Waals surface area contributed by atoms with Crippen LogP contribution >= 0.6 is 35.3 Å². The fourth-order valence-corrected chi connectivity index (χ4v) is 2.71. The van der Waals surface area contributed by atoms with E-state index in [4.69, 9.17) is 0 Å². The average molecular weight is 408 g/mol. The van der Waals surface area contributed by atoms with Crippen molar-refractivity contribution in [2.75, 3.05) is 19.6 Å². The van der Waals surface area contributed by atoms with Gasteiger partial charge in [-0.3, -0.25) is 4.99 Å². The van der Waals surface area contributed by atoms with E-state index in [9.17, 15) is 0 Å². The largest absolute Gasteiger partial charge is 0.357 e. The van der Waals surface area contributed by atoms with Gasteiger partial charge in [0.05, 0.1) is 10.7 Å². The lowest BCUT2D eigenvalue weighted by atomic mass is 10.3. The highest BCUT2D eigenvalue weighted by atomic mass is 127. The third-order valence-electron chi connectivity index (χ3n) is 2.63. The van der Waals surface area contributed by atoms with Gasteiger partial charge in [-0.25, -0.2) is 4.98 Å². The Morgan fingerprint density at radius 1 is 1.40 bits per heavy atom. The molecule has 114 valence electrons. The molecule has 0 bridgehead atoms. The van der Waals surface area contributed by atoms with Crippen molar-refractivity contribution in [3.05, 3.63) is 28.2 Å². The minimum absolute atomic E-state index is 0. The van der Waals surface area contributed by atoms with E-state index < -0.39 is 0 Å². The summed E-state index contributed by atoms with van der Waals surface area (Å²) in [6, 6.07) is 0. The summed E-state index contributed by atoms with van der Waals surface area (Å²) in [6.45, 7) is 12.4. The van der Waals surface area contributed by atoms with E-state index >= 15 is 0 Å². The van der Waals surface area contributed by atoms with Gasteiger partial charge < -0.3 is 10.6 Å². The molecule has 0 aliphatic carbocycles. The van der Waals surface area contributed by atoms with Gasteiger partial charge in [-0.15, -0.1) is 41.9 Å². The van der Waals surface area contributed by atoms with Crippen LogP contribution in [0.4, 0.5) is 0 Å². The number of hydrogen-bond donors (Lipinski definition) is 2. The Morgan fingerprint density at radius 3 is 2.70 bits per heavy atom. The lowest BCUT2D eigenvalue weighted by Crippen LogP contribution is -2.37. The van der Waals surface area contributed by atoms with Crippen LogP contribution < -0.4 is 10.6 Å². The van der Waals surface area contributed by atoms with Gasteiger partial charge >= 0.3 is 0 Å². The summed E-state index contributed by atoms with van der Waals surface area (Å²) >= 11 is 1.78. The summed E-state index contributed by atoms with van der Waals surface area (Å²) in [6.07, 6.45) is 3.73. The molecular weight excluding hydrogens is 383 g/mol. The first-order valence-electron chi connectivity index (χ1n) is 6.79. The highest BCUT2D eigenvalue weighted by molar-refractivity contribution is 14.0. The van der Waals surface area contributed by atoms with Crippen molar-refractivity contribution in [2.45, 2.75) is 33.6 Å². The zero-order valence-corrected chi connectivity index (χ0v) is 15.7. The molecular formula is C14H25IN4S. The molecule has 1 aromatic heterocycles. The third kappa shape index (κ3) is 6.69. The zero-order valence-electron chi connectivity index (χ0n) is 12.5. The highest BCUT2D eigenvalue weighted by Gasteiger charge is 2.05. The quantitative estimate of drug-likeness (QED) is 0.316. The van der Waals surface area contributed by atoms with Crippen molar-refractivity contribution in [3.8, 4) is 0 Å². The van der Waals surface area contributed by atoms with Crippen molar-refractivity contribution < 1.29 is 0 Å². The van der Waals surface area contributed by atoms with E-state index in [0.717, 1.165) is 38.4 Å². The van der Waals surface area contributed by atoms with Gasteiger partial charge in [0.15, 0.2) is 5.96 Å². The third-order valence-corrected chi connectivity index (χ3v) is 3.70. The number of guanidine groups is 1. The summed E-state index contributed by atoms with van der Waals surface area (Å²) < 4.78 is 0. The summed E-state index contributed by atoms with van der Waals surface area (Å²) in [4.78, 5) is 10.5. The zero-order chi connectivity index (χ0) is 14.1. The van der Waals surface area contributed by atoms with Gasteiger partial charge in [0.2, 0.25) is 0 Å². The number of halogens is 1. The summed E-state index contributed by atoms with van der Waals surface area (Å²) in [7, 11) is 0. The van der Waals surface area contributed by atoms with Gasteiger partial charge in [-0.2, -0.15) is 0 Å². The topological polar surface area (TPSA) is 49.3 Å². The van der Waals surface area contributed by atoms with Crippen molar-refractivity contribution in [1.29, 1.82) is 0 Å². The molecule has 2 N–H and O–H groups in total. The Labute approximate surface area is 143 Å². The predicted molar refractivity (Wildman–Crippen MR) is 99.5 cm³/mol. The number of aromatic nitrogens is 1. The molecule has 0 aromatic carbocycles. The smallest absolute Gasteiger partial charge is 0.191 e. The molecule has 20 heavy (non-hydrogen) atoms. The molecule has 0 fully saturated rings. The lowest BCUT2D eigenvalue weighted by molar-refractivity contribution is 0.847. The van der Waals surface area contributed by atoms with Gasteiger partial charge in [0, 0.05) is 30.9 Å². The fourth-order valence-electron chi connectivity index (χ4n) is 1.70. The molecule has 0 atom stereocenters. The Morgan fingerprint density at radius 2 is 2.15 bits per heavy atom. The predicted octanol–water partition coefficient (Wildman–Crippen LogP) is 2.92. The lowest BCUT2D eigenvalue weighted by Gasteiger charge is -2.08. The maximum absolute atomic E-state index is 4.63. The Kier molecular flexibility index (Phi) is 10.7. The van der Waals surface area contributed by atoms with Gasteiger partial charge in [0.1, 0.15) is 0 Å². The first-order chi connectivity index (χ1) is 9.21. The van der Waals surface area contributed by atoms with E-state index in [1.54, 1.807) is 11.3 Å². The molecule has 0 amide bonds. The standard InChI is InChI=1S/C14H24N4S.HI/c1-5-9-16-14(15-7-3)17-10-8-13-18-12(6-2)11(4)19-13;/h5H,1,6-10H2,2-4H3,(H2,15,16,17);1H. The number of aliphatic imine (C=N–C) groups is 1. The number of thiazole rings is 1. The molecule has 0 unspecified atom stereocenters. The molecule has 0 radical (unpaired) electrons. The van der Waals surface area contributed by atoms with Crippen LogP contribution in [-0.2, 0) is 12.8 Å². The first-order valence-corrected chi connectivity index (χ1v) is 7.61. The van der Waals surface area contributed by atoms with E-state index in [2.05, 4.69) is 48.0 Å². The van der Waals surface area contributed by atoms with Crippen LogP contribution in [-0.4, -0.2) is 30.6 Å². The number of rotatable bonds is 7. The van der Waals surface area contributed by atoms with Crippen molar-refractivity contribution >= 4 is 41.3 Å². The van der Waals surface area contributed by atoms with Crippen LogP contribution in [0, 0.1) is 6.92 Å². The minimum atomic E-state index is 0. The molecule has 1 heterocycles. The van der Waals surface area contributed by atoms with Crippen LogP contribution in [0.5, 0.6) is 0 Å². The van der Waals surface area contributed by atoms with Gasteiger partial charge in [-0.05, 0) is 20.3 Å². The normalized spacial score (nSPS) is 10.8. The van der Waals surface area contributed by atoms with Crippen molar-refractivity contribution in [3.63, 3.8) is 0 Å².